The smallest absolute Gasteiger partial charge is 0.333 e. The molecule has 1 aromatic heterocycles. The zero-order chi connectivity index (χ0) is 21.6. The number of nitrogens with zero attached hydrogens (tertiary/aromatic N) is 2. The van der Waals surface area contributed by atoms with Crippen molar-refractivity contribution >= 4 is 11.9 Å². The summed E-state index contributed by atoms with van der Waals surface area (Å²) < 4.78 is 16.7. The van der Waals surface area contributed by atoms with Gasteiger partial charge < -0.3 is 19.1 Å². The van der Waals surface area contributed by atoms with E-state index >= 15 is 0 Å². The van der Waals surface area contributed by atoms with E-state index in [0.29, 0.717) is 30.7 Å². The SMILES string of the molecule is CCOC(=O)C1c2ccccc2C(=O)N1CCc1cccc(COC2CCCCO2)n1. The first kappa shape index (κ1) is 21.5. The number of aromatic nitrogens is 1. The monoisotopic (exact) mass is 424 g/mol. The Hall–Kier alpha value is -2.77. The van der Waals surface area contributed by atoms with E-state index in [1.807, 2.05) is 36.4 Å². The van der Waals surface area contributed by atoms with Gasteiger partial charge in [-0.15, -0.1) is 0 Å². The first-order chi connectivity index (χ1) is 15.2. The number of amides is 1. The fourth-order valence-corrected chi connectivity index (χ4v) is 4.08. The third kappa shape index (κ3) is 4.94. The molecule has 0 aliphatic carbocycles. The lowest BCUT2D eigenvalue weighted by molar-refractivity contribution is -0.169. The summed E-state index contributed by atoms with van der Waals surface area (Å²) in [4.78, 5) is 31.8. The summed E-state index contributed by atoms with van der Waals surface area (Å²) in [6, 6.07) is 12.3. The quantitative estimate of drug-likeness (QED) is 0.604. The average molecular weight is 424 g/mol. The lowest BCUT2D eigenvalue weighted by Crippen LogP contribution is -2.35. The topological polar surface area (TPSA) is 78.0 Å². The summed E-state index contributed by atoms with van der Waals surface area (Å²) in [6.45, 7) is 3.54. The van der Waals surface area contributed by atoms with Crippen molar-refractivity contribution in [2.45, 2.75) is 51.5 Å². The molecule has 1 fully saturated rings. The Bertz CT molecular complexity index is 926. The highest BCUT2D eigenvalue weighted by molar-refractivity contribution is 6.03. The molecule has 4 rings (SSSR count). The Balaban J connectivity index is 1.41. The van der Waals surface area contributed by atoms with Crippen LogP contribution in [0.15, 0.2) is 42.5 Å². The second-order valence-electron chi connectivity index (χ2n) is 7.72. The zero-order valence-electron chi connectivity index (χ0n) is 17.8. The maximum atomic E-state index is 12.9. The van der Waals surface area contributed by atoms with E-state index in [1.165, 1.54) is 0 Å². The highest BCUT2D eigenvalue weighted by Crippen LogP contribution is 2.34. The molecule has 2 unspecified atom stereocenters. The Morgan fingerprint density at radius 3 is 2.81 bits per heavy atom. The summed E-state index contributed by atoms with van der Waals surface area (Å²) in [6.07, 6.45) is 3.48. The van der Waals surface area contributed by atoms with Gasteiger partial charge in [0.25, 0.3) is 5.91 Å². The number of hydrogen-bond donors (Lipinski definition) is 0. The molecule has 1 saturated heterocycles. The molecule has 1 aromatic carbocycles. The molecule has 2 aromatic rings. The van der Waals surface area contributed by atoms with Crippen LogP contribution >= 0.6 is 0 Å². The fourth-order valence-electron chi connectivity index (χ4n) is 4.08. The van der Waals surface area contributed by atoms with Gasteiger partial charge in [-0.05, 0) is 49.9 Å². The Morgan fingerprint density at radius 1 is 1.16 bits per heavy atom. The number of rotatable bonds is 8. The third-order valence-corrected chi connectivity index (χ3v) is 5.60. The van der Waals surface area contributed by atoms with Gasteiger partial charge in [0.15, 0.2) is 12.3 Å². The van der Waals surface area contributed by atoms with Crippen molar-refractivity contribution in [2.75, 3.05) is 19.8 Å². The van der Waals surface area contributed by atoms with E-state index in [4.69, 9.17) is 14.2 Å². The molecule has 0 saturated carbocycles. The lowest BCUT2D eigenvalue weighted by atomic mass is 10.0. The summed E-state index contributed by atoms with van der Waals surface area (Å²) in [5.74, 6) is -0.550. The van der Waals surface area contributed by atoms with Crippen LogP contribution in [0.5, 0.6) is 0 Å². The van der Waals surface area contributed by atoms with Crippen LogP contribution in [0.3, 0.4) is 0 Å². The van der Waals surface area contributed by atoms with Gasteiger partial charge in [-0.2, -0.15) is 0 Å². The number of carbonyl (C=O) groups is 2. The number of fused-ring (bicyclic) bond motifs is 1. The van der Waals surface area contributed by atoms with Gasteiger partial charge >= 0.3 is 5.97 Å². The molecular formula is C24H28N2O5. The van der Waals surface area contributed by atoms with Crippen molar-refractivity contribution in [1.29, 1.82) is 0 Å². The van der Waals surface area contributed by atoms with Gasteiger partial charge in [-0.1, -0.05) is 24.3 Å². The van der Waals surface area contributed by atoms with Crippen molar-refractivity contribution in [3.63, 3.8) is 0 Å². The molecule has 0 N–H and O–H groups in total. The zero-order valence-corrected chi connectivity index (χ0v) is 17.8. The number of hydrogen-bond acceptors (Lipinski definition) is 6. The van der Waals surface area contributed by atoms with Crippen LogP contribution in [0.4, 0.5) is 0 Å². The average Bonchev–Trinajstić information content (AvgIpc) is 3.09. The molecule has 31 heavy (non-hydrogen) atoms. The number of carbonyl (C=O) groups excluding carboxylic acids is 2. The van der Waals surface area contributed by atoms with Gasteiger partial charge in [0.05, 0.1) is 18.9 Å². The van der Waals surface area contributed by atoms with Crippen molar-refractivity contribution in [1.82, 2.24) is 9.88 Å². The van der Waals surface area contributed by atoms with E-state index in [9.17, 15) is 9.59 Å². The minimum Gasteiger partial charge on any atom is -0.464 e. The molecule has 7 heteroatoms. The predicted molar refractivity (Wildman–Crippen MR) is 113 cm³/mol. The van der Waals surface area contributed by atoms with E-state index < -0.39 is 12.0 Å². The standard InChI is InChI=1S/C24H28N2O5/c1-2-29-24(28)22-19-10-3-4-11-20(19)23(27)26(22)14-13-17-8-7-9-18(25-17)16-31-21-12-5-6-15-30-21/h3-4,7-11,21-22H,2,5-6,12-16H2,1H3. The highest BCUT2D eigenvalue weighted by atomic mass is 16.7. The van der Waals surface area contributed by atoms with Crippen LogP contribution in [0.1, 0.15) is 59.5 Å². The largest absolute Gasteiger partial charge is 0.464 e. The van der Waals surface area contributed by atoms with Crippen molar-refractivity contribution in [3.8, 4) is 0 Å². The normalized spacial score (nSPS) is 20.5. The summed E-state index contributed by atoms with van der Waals surface area (Å²) in [5.41, 5.74) is 2.93. The van der Waals surface area contributed by atoms with Crippen LogP contribution < -0.4 is 0 Å². The minimum atomic E-state index is -0.710. The van der Waals surface area contributed by atoms with E-state index in [1.54, 1.807) is 17.9 Å². The number of benzene rings is 1. The lowest BCUT2D eigenvalue weighted by Gasteiger charge is -2.24. The van der Waals surface area contributed by atoms with Gasteiger partial charge in [0.1, 0.15) is 0 Å². The van der Waals surface area contributed by atoms with Crippen molar-refractivity contribution in [3.05, 3.63) is 65.0 Å². The second-order valence-corrected chi connectivity index (χ2v) is 7.72. The third-order valence-electron chi connectivity index (χ3n) is 5.60. The van der Waals surface area contributed by atoms with E-state index in [0.717, 1.165) is 37.3 Å². The maximum Gasteiger partial charge on any atom is 0.333 e. The predicted octanol–water partition coefficient (Wildman–Crippen LogP) is 3.43. The fraction of sp³-hybridized carbons (Fsp3) is 0.458. The molecule has 1 amide bonds. The van der Waals surface area contributed by atoms with E-state index in [-0.39, 0.29) is 18.8 Å². The van der Waals surface area contributed by atoms with Crippen LogP contribution in [-0.4, -0.2) is 47.8 Å². The summed E-state index contributed by atoms with van der Waals surface area (Å²) in [7, 11) is 0. The maximum absolute atomic E-state index is 12.9. The molecule has 2 aliphatic heterocycles. The van der Waals surface area contributed by atoms with Crippen molar-refractivity contribution in [2.24, 2.45) is 0 Å². The van der Waals surface area contributed by atoms with Gasteiger partial charge in [-0.3, -0.25) is 9.78 Å². The molecule has 0 bridgehead atoms. The summed E-state index contributed by atoms with van der Waals surface area (Å²) in [5, 5.41) is 0. The molecule has 0 radical (unpaired) electrons. The van der Waals surface area contributed by atoms with Gasteiger partial charge in [0, 0.05) is 30.8 Å². The minimum absolute atomic E-state index is 0.150. The van der Waals surface area contributed by atoms with Gasteiger partial charge in [0.2, 0.25) is 0 Å². The first-order valence-electron chi connectivity index (χ1n) is 10.9. The second kappa shape index (κ2) is 10.0. The highest BCUT2D eigenvalue weighted by Gasteiger charge is 2.41. The molecule has 2 aliphatic rings. The Labute approximate surface area is 182 Å². The summed E-state index contributed by atoms with van der Waals surface area (Å²) >= 11 is 0. The molecule has 2 atom stereocenters. The van der Waals surface area contributed by atoms with Crippen LogP contribution in [-0.2, 0) is 32.0 Å². The number of esters is 1. The molecule has 7 nitrogen and oxygen atoms in total. The van der Waals surface area contributed by atoms with Crippen LogP contribution in [0, 0.1) is 0 Å². The number of pyridine rings is 1. The molecule has 164 valence electrons. The van der Waals surface area contributed by atoms with Gasteiger partial charge in [-0.25, -0.2) is 4.79 Å². The molecular weight excluding hydrogens is 396 g/mol. The van der Waals surface area contributed by atoms with E-state index in [2.05, 4.69) is 4.98 Å². The first-order valence-corrected chi connectivity index (χ1v) is 10.9. The number of ether oxygens (including phenoxy) is 3. The molecule has 0 spiro atoms. The van der Waals surface area contributed by atoms with Crippen LogP contribution in [0.2, 0.25) is 0 Å². The van der Waals surface area contributed by atoms with Crippen molar-refractivity contribution < 1.29 is 23.8 Å². The van der Waals surface area contributed by atoms with Crippen LogP contribution in [0.25, 0.3) is 0 Å². The Kier molecular flexibility index (Phi) is 6.94. The molecule has 3 heterocycles. The Morgan fingerprint density at radius 2 is 2.00 bits per heavy atom.